The molecule has 2 rings (SSSR count). The summed E-state index contributed by atoms with van der Waals surface area (Å²) in [6.07, 6.45) is 1.32. The number of aromatic carboxylic acids is 1. The van der Waals surface area contributed by atoms with Gasteiger partial charge in [-0.1, -0.05) is 0 Å². The monoisotopic (exact) mass is 227 g/mol. The van der Waals surface area contributed by atoms with Gasteiger partial charge in [0, 0.05) is 19.3 Å². The molecule has 2 N–H and O–H groups in total. The van der Waals surface area contributed by atoms with Crippen LogP contribution in [-0.2, 0) is 11.4 Å². The molecule has 2 heterocycles. The lowest BCUT2D eigenvalue weighted by molar-refractivity contribution is 0.0212. The van der Waals surface area contributed by atoms with Crippen LogP contribution in [0.2, 0.25) is 0 Å². The number of H-pyrrole nitrogens is 1. The maximum Gasteiger partial charge on any atom is 0.342 e. The molecule has 1 aliphatic heterocycles. The van der Waals surface area contributed by atoms with E-state index in [0.29, 0.717) is 19.9 Å². The first-order chi connectivity index (χ1) is 7.66. The summed E-state index contributed by atoms with van der Waals surface area (Å²) < 4.78 is 6.67. The van der Waals surface area contributed by atoms with Crippen LogP contribution in [0.25, 0.3) is 0 Å². The zero-order valence-corrected chi connectivity index (χ0v) is 8.68. The standard InChI is InChI=1S/C9H13N3O4/c13-8-7(9(14)15)5-12(10-8)6-11-1-3-16-4-2-11/h5H,1-4,6H2,(H,10,13)(H,14,15). The van der Waals surface area contributed by atoms with E-state index in [2.05, 4.69) is 10.00 Å². The third-order valence-corrected chi connectivity index (χ3v) is 2.46. The molecule has 1 aliphatic rings. The Hall–Kier alpha value is -1.60. The van der Waals surface area contributed by atoms with Gasteiger partial charge in [-0.2, -0.15) is 0 Å². The van der Waals surface area contributed by atoms with Gasteiger partial charge in [-0.05, 0) is 0 Å². The summed E-state index contributed by atoms with van der Waals surface area (Å²) in [5, 5.41) is 11.2. The van der Waals surface area contributed by atoms with Gasteiger partial charge in [0.2, 0.25) is 0 Å². The number of hydrogen-bond donors (Lipinski definition) is 2. The van der Waals surface area contributed by atoms with Crippen LogP contribution in [0.3, 0.4) is 0 Å². The van der Waals surface area contributed by atoms with Crippen LogP contribution in [0.1, 0.15) is 10.4 Å². The molecular formula is C9H13N3O4. The number of aromatic nitrogens is 2. The summed E-state index contributed by atoms with van der Waals surface area (Å²) in [5.41, 5.74) is -0.797. The van der Waals surface area contributed by atoms with E-state index in [1.165, 1.54) is 10.9 Å². The molecule has 0 unspecified atom stereocenters. The quantitative estimate of drug-likeness (QED) is 0.703. The summed E-state index contributed by atoms with van der Waals surface area (Å²) in [6.45, 7) is 3.37. The fourth-order valence-electron chi connectivity index (χ4n) is 1.62. The Labute approximate surface area is 91.2 Å². The minimum Gasteiger partial charge on any atom is -0.477 e. The molecule has 0 spiro atoms. The largest absolute Gasteiger partial charge is 0.477 e. The maximum atomic E-state index is 11.2. The molecule has 0 aromatic carbocycles. The number of carbonyl (C=O) groups is 1. The molecule has 0 atom stereocenters. The minimum atomic E-state index is -1.21. The van der Waals surface area contributed by atoms with Gasteiger partial charge in [0.25, 0.3) is 5.56 Å². The van der Waals surface area contributed by atoms with Gasteiger partial charge in [-0.3, -0.25) is 19.5 Å². The average Bonchev–Trinajstić information content (AvgIpc) is 2.61. The van der Waals surface area contributed by atoms with Crippen LogP contribution >= 0.6 is 0 Å². The highest BCUT2D eigenvalue weighted by atomic mass is 16.5. The van der Waals surface area contributed by atoms with Crippen molar-refractivity contribution >= 4 is 5.97 Å². The Morgan fingerprint density at radius 3 is 2.75 bits per heavy atom. The molecule has 7 heteroatoms. The highest BCUT2D eigenvalue weighted by Gasteiger charge is 2.14. The number of ether oxygens (including phenoxy) is 1. The lowest BCUT2D eigenvalue weighted by Gasteiger charge is -2.26. The van der Waals surface area contributed by atoms with Crippen molar-refractivity contribution in [3.8, 4) is 0 Å². The Balaban J connectivity index is 2.06. The Kier molecular flexibility index (Phi) is 3.07. The molecule has 0 saturated carbocycles. The van der Waals surface area contributed by atoms with E-state index in [9.17, 15) is 9.59 Å². The highest BCUT2D eigenvalue weighted by Crippen LogP contribution is 1.99. The van der Waals surface area contributed by atoms with Crippen molar-refractivity contribution in [1.82, 2.24) is 14.7 Å². The van der Waals surface area contributed by atoms with Crippen LogP contribution in [0, 0.1) is 0 Å². The zero-order valence-electron chi connectivity index (χ0n) is 8.68. The number of aromatic amines is 1. The normalized spacial score (nSPS) is 17.5. The third-order valence-electron chi connectivity index (χ3n) is 2.46. The van der Waals surface area contributed by atoms with Crippen LogP contribution in [-0.4, -0.2) is 52.1 Å². The second kappa shape index (κ2) is 4.50. The lowest BCUT2D eigenvalue weighted by atomic mass is 10.4. The number of nitrogens with zero attached hydrogens (tertiary/aromatic N) is 2. The van der Waals surface area contributed by atoms with Gasteiger partial charge in [0.05, 0.1) is 19.9 Å². The van der Waals surface area contributed by atoms with E-state index in [1.807, 2.05) is 0 Å². The fraction of sp³-hybridized carbons (Fsp3) is 0.556. The fourth-order valence-corrected chi connectivity index (χ4v) is 1.62. The Morgan fingerprint density at radius 2 is 2.19 bits per heavy atom. The molecule has 1 aromatic heterocycles. The van der Waals surface area contributed by atoms with Crippen LogP contribution in [0.4, 0.5) is 0 Å². The summed E-state index contributed by atoms with van der Waals surface area (Å²) in [6, 6.07) is 0. The summed E-state index contributed by atoms with van der Waals surface area (Å²) in [7, 11) is 0. The molecule has 0 aliphatic carbocycles. The van der Waals surface area contributed by atoms with E-state index >= 15 is 0 Å². The van der Waals surface area contributed by atoms with Gasteiger partial charge in [0.1, 0.15) is 5.56 Å². The molecule has 16 heavy (non-hydrogen) atoms. The van der Waals surface area contributed by atoms with Crippen molar-refractivity contribution in [3.05, 3.63) is 22.1 Å². The summed E-state index contributed by atoms with van der Waals surface area (Å²) in [4.78, 5) is 24.0. The number of rotatable bonds is 3. The van der Waals surface area contributed by atoms with Crippen molar-refractivity contribution in [2.75, 3.05) is 26.3 Å². The topological polar surface area (TPSA) is 87.6 Å². The first-order valence-electron chi connectivity index (χ1n) is 4.99. The molecular weight excluding hydrogens is 214 g/mol. The molecule has 1 fully saturated rings. The Morgan fingerprint density at radius 1 is 1.50 bits per heavy atom. The van der Waals surface area contributed by atoms with Gasteiger partial charge < -0.3 is 9.84 Å². The number of nitrogens with one attached hydrogen (secondary N) is 1. The molecule has 7 nitrogen and oxygen atoms in total. The van der Waals surface area contributed by atoms with Crippen molar-refractivity contribution in [3.63, 3.8) is 0 Å². The van der Waals surface area contributed by atoms with E-state index in [4.69, 9.17) is 9.84 Å². The van der Waals surface area contributed by atoms with Crippen molar-refractivity contribution < 1.29 is 14.6 Å². The maximum absolute atomic E-state index is 11.2. The van der Waals surface area contributed by atoms with E-state index in [1.54, 1.807) is 0 Å². The first-order valence-corrected chi connectivity index (χ1v) is 4.99. The SMILES string of the molecule is O=C(O)c1cn(CN2CCOCC2)[nH]c1=O. The van der Waals surface area contributed by atoms with E-state index in [-0.39, 0.29) is 5.56 Å². The molecule has 0 amide bonds. The van der Waals surface area contributed by atoms with Crippen molar-refractivity contribution in [1.29, 1.82) is 0 Å². The second-order valence-corrected chi connectivity index (χ2v) is 3.63. The summed E-state index contributed by atoms with van der Waals surface area (Å²) >= 11 is 0. The molecule has 0 bridgehead atoms. The first kappa shape index (κ1) is 10.9. The van der Waals surface area contributed by atoms with Crippen LogP contribution < -0.4 is 5.56 Å². The number of carboxylic acids is 1. The van der Waals surface area contributed by atoms with Gasteiger partial charge in [0.15, 0.2) is 0 Å². The average molecular weight is 227 g/mol. The van der Waals surface area contributed by atoms with Crippen molar-refractivity contribution in [2.45, 2.75) is 6.67 Å². The van der Waals surface area contributed by atoms with E-state index in [0.717, 1.165) is 13.1 Å². The number of hydrogen-bond acceptors (Lipinski definition) is 4. The van der Waals surface area contributed by atoms with Gasteiger partial charge in [-0.25, -0.2) is 4.79 Å². The Bertz CT molecular complexity index is 430. The van der Waals surface area contributed by atoms with Crippen LogP contribution in [0.15, 0.2) is 11.0 Å². The minimum absolute atomic E-state index is 0.228. The number of carboxylic acid groups (broad SMARTS) is 1. The third kappa shape index (κ3) is 2.31. The second-order valence-electron chi connectivity index (χ2n) is 3.63. The van der Waals surface area contributed by atoms with Crippen LogP contribution in [0.5, 0.6) is 0 Å². The summed E-state index contributed by atoms with van der Waals surface area (Å²) in [5.74, 6) is -1.21. The smallest absolute Gasteiger partial charge is 0.342 e. The molecule has 1 aromatic rings. The molecule has 88 valence electrons. The predicted octanol–water partition coefficient (Wildman–Crippen LogP) is -0.836. The molecule has 0 radical (unpaired) electrons. The predicted molar refractivity (Wildman–Crippen MR) is 54.4 cm³/mol. The van der Waals surface area contributed by atoms with Crippen molar-refractivity contribution in [2.24, 2.45) is 0 Å². The van der Waals surface area contributed by atoms with Gasteiger partial charge in [-0.15, -0.1) is 0 Å². The lowest BCUT2D eigenvalue weighted by Crippen LogP contribution is -2.37. The van der Waals surface area contributed by atoms with E-state index < -0.39 is 11.5 Å². The molecule has 1 saturated heterocycles. The highest BCUT2D eigenvalue weighted by molar-refractivity contribution is 5.86. The number of morpholine rings is 1. The van der Waals surface area contributed by atoms with Gasteiger partial charge >= 0.3 is 5.97 Å². The zero-order chi connectivity index (χ0) is 11.5.